The van der Waals surface area contributed by atoms with E-state index < -0.39 is 4.92 Å². The molecule has 1 rings (SSSR count). The smallest absolute Gasteiger partial charge is 0.269 e. The summed E-state index contributed by atoms with van der Waals surface area (Å²) < 4.78 is 0. The molecule has 0 radical (unpaired) electrons. The number of nitrogens with two attached hydrogens (primary N) is 1. The van der Waals surface area contributed by atoms with Crippen LogP contribution < -0.4 is 10.6 Å². The van der Waals surface area contributed by atoms with Crippen molar-refractivity contribution in [1.82, 2.24) is 0 Å². The molecule has 0 aromatic heterocycles. The highest BCUT2D eigenvalue weighted by Gasteiger charge is 2.08. The highest BCUT2D eigenvalue weighted by atomic mass is 16.6. The van der Waals surface area contributed by atoms with Crippen LogP contribution in [0.25, 0.3) is 0 Å². The number of nitro benzene ring substituents is 1. The van der Waals surface area contributed by atoms with Crippen molar-refractivity contribution in [1.29, 1.82) is 0 Å². The third-order valence-electron chi connectivity index (χ3n) is 2.19. The Kier molecular flexibility index (Phi) is 4.68. The molecular weight excluding hydrogens is 210 g/mol. The van der Waals surface area contributed by atoms with Gasteiger partial charge in [0.05, 0.1) is 11.5 Å². The zero-order chi connectivity index (χ0) is 12.0. The van der Waals surface area contributed by atoms with Gasteiger partial charge in [-0.05, 0) is 12.1 Å². The monoisotopic (exact) mass is 225 g/mol. The van der Waals surface area contributed by atoms with Crippen LogP contribution in [0.4, 0.5) is 11.4 Å². The average Bonchev–Trinajstić information content (AvgIpc) is 2.29. The van der Waals surface area contributed by atoms with E-state index in [2.05, 4.69) is 0 Å². The van der Waals surface area contributed by atoms with E-state index in [1.54, 1.807) is 12.1 Å². The lowest BCUT2D eigenvalue weighted by molar-refractivity contribution is -0.384. The third-order valence-corrected chi connectivity index (χ3v) is 2.19. The predicted molar refractivity (Wildman–Crippen MR) is 61.4 cm³/mol. The molecule has 0 amide bonds. The molecule has 0 fully saturated rings. The molecule has 0 heterocycles. The van der Waals surface area contributed by atoms with E-state index in [0.29, 0.717) is 19.6 Å². The minimum atomic E-state index is -0.441. The van der Waals surface area contributed by atoms with Crippen molar-refractivity contribution in [3.63, 3.8) is 0 Å². The molecule has 3 N–H and O–H groups in total. The Bertz CT molecular complexity index is 334. The van der Waals surface area contributed by atoms with Crippen LogP contribution in [0.1, 0.15) is 0 Å². The first kappa shape index (κ1) is 12.4. The summed E-state index contributed by atoms with van der Waals surface area (Å²) in [5.41, 5.74) is 6.32. The van der Waals surface area contributed by atoms with Crippen LogP contribution in [0, 0.1) is 10.1 Å². The Balaban J connectivity index is 2.80. The van der Waals surface area contributed by atoms with Crippen molar-refractivity contribution in [2.75, 3.05) is 31.1 Å². The number of benzene rings is 1. The summed E-state index contributed by atoms with van der Waals surface area (Å²) >= 11 is 0. The molecule has 1 aromatic carbocycles. The second-order valence-electron chi connectivity index (χ2n) is 3.27. The van der Waals surface area contributed by atoms with Crippen LogP contribution in [0.15, 0.2) is 24.3 Å². The average molecular weight is 225 g/mol. The maximum Gasteiger partial charge on any atom is 0.269 e. The molecule has 0 saturated carbocycles. The number of non-ortho nitro benzene ring substituents is 1. The molecule has 88 valence electrons. The predicted octanol–water partition coefficient (Wildman–Crippen LogP) is 0.352. The van der Waals surface area contributed by atoms with E-state index in [-0.39, 0.29) is 12.3 Å². The SMILES string of the molecule is NCCN(CCO)c1ccc([N+](=O)[O-])cc1. The van der Waals surface area contributed by atoms with E-state index in [4.69, 9.17) is 10.8 Å². The molecule has 0 saturated heterocycles. The molecular formula is C10H15N3O3. The lowest BCUT2D eigenvalue weighted by Crippen LogP contribution is -2.31. The Morgan fingerprint density at radius 2 is 1.94 bits per heavy atom. The molecule has 0 bridgehead atoms. The van der Waals surface area contributed by atoms with Gasteiger partial charge >= 0.3 is 0 Å². The fraction of sp³-hybridized carbons (Fsp3) is 0.400. The number of hydrogen-bond acceptors (Lipinski definition) is 5. The van der Waals surface area contributed by atoms with Crippen LogP contribution in [0.2, 0.25) is 0 Å². The van der Waals surface area contributed by atoms with Crippen molar-refractivity contribution in [2.45, 2.75) is 0 Å². The summed E-state index contributed by atoms with van der Waals surface area (Å²) in [4.78, 5) is 11.9. The van der Waals surface area contributed by atoms with E-state index in [1.807, 2.05) is 4.90 Å². The molecule has 0 aliphatic carbocycles. The molecule has 0 spiro atoms. The van der Waals surface area contributed by atoms with Gasteiger partial charge in [-0.15, -0.1) is 0 Å². The highest BCUT2D eigenvalue weighted by molar-refractivity contribution is 5.50. The van der Waals surface area contributed by atoms with Crippen LogP contribution >= 0.6 is 0 Å². The zero-order valence-corrected chi connectivity index (χ0v) is 8.87. The van der Waals surface area contributed by atoms with E-state index in [1.165, 1.54) is 12.1 Å². The molecule has 0 unspecified atom stereocenters. The Morgan fingerprint density at radius 3 is 2.38 bits per heavy atom. The van der Waals surface area contributed by atoms with Crippen molar-refractivity contribution < 1.29 is 10.0 Å². The molecule has 16 heavy (non-hydrogen) atoms. The first-order chi connectivity index (χ1) is 7.69. The minimum Gasteiger partial charge on any atom is -0.395 e. The van der Waals surface area contributed by atoms with E-state index >= 15 is 0 Å². The van der Waals surface area contributed by atoms with Crippen molar-refractivity contribution >= 4 is 11.4 Å². The maximum absolute atomic E-state index is 10.5. The van der Waals surface area contributed by atoms with E-state index in [9.17, 15) is 10.1 Å². The Hall–Kier alpha value is -1.66. The minimum absolute atomic E-state index is 0.0248. The molecule has 0 aliphatic rings. The van der Waals surface area contributed by atoms with Gasteiger partial charge in [-0.25, -0.2) is 0 Å². The number of aliphatic hydroxyl groups excluding tert-OH is 1. The fourth-order valence-corrected chi connectivity index (χ4v) is 1.43. The van der Waals surface area contributed by atoms with Gasteiger partial charge < -0.3 is 15.7 Å². The summed E-state index contributed by atoms with van der Waals surface area (Å²) in [6, 6.07) is 6.19. The standard InChI is InChI=1S/C10H15N3O3/c11-5-6-12(7-8-14)9-1-3-10(4-2-9)13(15)16/h1-4,14H,5-8,11H2. The molecule has 1 aromatic rings. The third kappa shape index (κ3) is 3.18. The largest absolute Gasteiger partial charge is 0.395 e. The number of rotatable bonds is 6. The second kappa shape index (κ2) is 6.04. The van der Waals surface area contributed by atoms with Crippen molar-refractivity contribution in [3.05, 3.63) is 34.4 Å². The number of anilines is 1. The van der Waals surface area contributed by atoms with Gasteiger partial charge in [-0.1, -0.05) is 0 Å². The summed E-state index contributed by atoms with van der Waals surface area (Å²) in [6.45, 7) is 1.57. The molecule has 0 aliphatic heterocycles. The normalized spacial score (nSPS) is 10.1. The van der Waals surface area contributed by atoms with Gasteiger partial charge in [0.15, 0.2) is 0 Å². The second-order valence-corrected chi connectivity index (χ2v) is 3.27. The first-order valence-corrected chi connectivity index (χ1v) is 4.99. The first-order valence-electron chi connectivity index (χ1n) is 4.99. The summed E-state index contributed by atoms with van der Waals surface area (Å²) in [7, 11) is 0. The summed E-state index contributed by atoms with van der Waals surface area (Å²) in [5, 5.41) is 19.3. The lowest BCUT2D eigenvalue weighted by atomic mass is 10.2. The van der Waals surface area contributed by atoms with Crippen LogP contribution in [-0.2, 0) is 0 Å². The number of nitro groups is 1. The maximum atomic E-state index is 10.5. The highest BCUT2D eigenvalue weighted by Crippen LogP contribution is 2.18. The quantitative estimate of drug-likeness (QED) is 0.538. The van der Waals surface area contributed by atoms with E-state index in [0.717, 1.165) is 5.69 Å². The van der Waals surface area contributed by atoms with Gasteiger partial charge in [0.2, 0.25) is 0 Å². The van der Waals surface area contributed by atoms with Gasteiger partial charge in [-0.3, -0.25) is 10.1 Å². The number of hydrogen-bond donors (Lipinski definition) is 2. The molecule has 6 heteroatoms. The van der Waals surface area contributed by atoms with Crippen molar-refractivity contribution in [2.24, 2.45) is 5.73 Å². The zero-order valence-electron chi connectivity index (χ0n) is 8.87. The van der Waals surface area contributed by atoms with Gasteiger partial charge in [0.1, 0.15) is 0 Å². The summed E-state index contributed by atoms with van der Waals surface area (Å²) in [5.74, 6) is 0. The molecule has 6 nitrogen and oxygen atoms in total. The topological polar surface area (TPSA) is 92.6 Å². The van der Waals surface area contributed by atoms with Crippen molar-refractivity contribution in [3.8, 4) is 0 Å². The van der Waals surface area contributed by atoms with Gasteiger partial charge in [0, 0.05) is 37.5 Å². The summed E-state index contributed by atoms with van der Waals surface area (Å²) in [6.07, 6.45) is 0. The van der Waals surface area contributed by atoms with Crippen LogP contribution in [0.5, 0.6) is 0 Å². The lowest BCUT2D eigenvalue weighted by Gasteiger charge is -2.22. The number of nitrogens with zero attached hydrogens (tertiary/aromatic N) is 2. The van der Waals surface area contributed by atoms with Gasteiger partial charge in [-0.2, -0.15) is 0 Å². The fourth-order valence-electron chi connectivity index (χ4n) is 1.43. The van der Waals surface area contributed by atoms with Crippen LogP contribution in [-0.4, -0.2) is 36.3 Å². The number of aliphatic hydroxyl groups is 1. The Morgan fingerprint density at radius 1 is 1.31 bits per heavy atom. The van der Waals surface area contributed by atoms with Gasteiger partial charge in [0.25, 0.3) is 5.69 Å². The Labute approximate surface area is 93.4 Å². The van der Waals surface area contributed by atoms with Crippen LogP contribution in [0.3, 0.4) is 0 Å². The molecule has 0 atom stereocenters.